The van der Waals surface area contributed by atoms with Gasteiger partial charge in [-0.05, 0) is 37.1 Å². The Bertz CT molecular complexity index is 407. The quantitative estimate of drug-likeness (QED) is 0.479. The van der Waals surface area contributed by atoms with Crippen molar-refractivity contribution in [2.24, 2.45) is 11.8 Å². The predicted molar refractivity (Wildman–Crippen MR) is 66.7 cm³/mol. The van der Waals surface area contributed by atoms with Crippen LogP contribution in [-0.4, -0.2) is 23.9 Å². The number of rotatable bonds is 3. The van der Waals surface area contributed by atoms with Gasteiger partial charge in [0.05, 0.1) is 5.92 Å². The molecule has 2 rings (SSSR count). The Balaban J connectivity index is 1.93. The van der Waals surface area contributed by atoms with E-state index < -0.39 is 0 Å². The first-order chi connectivity index (χ1) is 8.69. The number of benzene rings is 1. The van der Waals surface area contributed by atoms with Crippen molar-refractivity contribution in [1.29, 1.82) is 0 Å². The highest BCUT2D eigenvalue weighted by Crippen LogP contribution is 2.18. The van der Waals surface area contributed by atoms with Crippen LogP contribution in [0.2, 0.25) is 0 Å². The number of nitrogens with two attached hydrogens (primary N) is 1. The molecule has 1 aromatic carbocycles. The van der Waals surface area contributed by atoms with E-state index in [1.54, 1.807) is 12.1 Å². The fourth-order valence-corrected chi connectivity index (χ4v) is 2.38. The third kappa shape index (κ3) is 3.27. The van der Waals surface area contributed by atoms with Crippen LogP contribution in [0.1, 0.15) is 18.4 Å². The third-order valence-electron chi connectivity index (χ3n) is 3.34. The van der Waals surface area contributed by atoms with E-state index in [1.165, 1.54) is 12.1 Å². The van der Waals surface area contributed by atoms with Crippen LogP contribution < -0.4 is 11.3 Å². The molecule has 1 atom stereocenters. The van der Waals surface area contributed by atoms with Crippen LogP contribution in [-0.2, 0) is 11.3 Å². The summed E-state index contributed by atoms with van der Waals surface area (Å²) in [7, 11) is 0. The number of amides is 1. The molecular formula is C13H18FN3O. The summed E-state index contributed by atoms with van der Waals surface area (Å²) in [4.78, 5) is 13.7. The predicted octanol–water partition coefficient (Wildman–Crippen LogP) is 1.03. The second-order valence-corrected chi connectivity index (χ2v) is 4.71. The zero-order valence-electron chi connectivity index (χ0n) is 10.2. The maximum Gasteiger partial charge on any atom is 0.238 e. The number of hydrogen-bond donors (Lipinski definition) is 2. The minimum Gasteiger partial charge on any atom is -0.298 e. The monoisotopic (exact) mass is 251 g/mol. The van der Waals surface area contributed by atoms with E-state index in [0.717, 1.165) is 31.5 Å². The van der Waals surface area contributed by atoms with Gasteiger partial charge in [-0.25, -0.2) is 10.2 Å². The molecule has 1 saturated heterocycles. The van der Waals surface area contributed by atoms with E-state index >= 15 is 0 Å². The fourth-order valence-electron chi connectivity index (χ4n) is 2.38. The lowest BCUT2D eigenvalue weighted by molar-refractivity contribution is -0.126. The molecule has 5 heteroatoms. The van der Waals surface area contributed by atoms with Crippen LogP contribution in [0.25, 0.3) is 0 Å². The number of nitrogens with one attached hydrogen (secondary N) is 1. The van der Waals surface area contributed by atoms with Crippen molar-refractivity contribution in [2.45, 2.75) is 19.4 Å². The number of carbonyl (C=O) groups excluding carboxylic acids is 1. The molecule has 0 bridgehead atoms. The van der Waals surface area contributed by atoms with Crippen molar-refractivity contribution in [3.8, 4) is 0 Å². The normalized spacial score (nSPS) is 20.7. The number of halogens is 1. The van der Waals surface area contributed by atoms with Crippen molar-refractivity contribution < 1.29 is 9.18 Å². The molecule has 4 nitrogen and oxygen atoms in total. The number of hydrazine groups is 1. The zero-order chi connectivity index (χ0) is 13.0. The zero-order valence-corrected chi connectivity index (χ0v) is 10.2. The Morgan fingerprint density at radius 1 is 1.44 bits per heavy atom. The largest absolute Gasteiger partial charge is 0.298 e. The van der Waals surface area contributed by atoms with Crippen molar-refractivity contribution in [3.63, 3.8) is 0 Å². The molecular weight excluding hydrogens is 233 g/mol. The van der Waals surface area contributed by atoms with Gasteiger partial charge in [0.2, 0.25) is 5.91 Å². The molecule has 0 unspecified atom stereocenters. The molecule has 1 aliphatic rings. The Morgan fingerprint density at radius 2 is 2.17 bits per heavy atom. The minimum atomic E-state index is -0.224. The van der Waals surface area contributed by atoms with Gasteiger partial charge in [-0.3, -0.25) is 15.1 Å². The number of piperidine rings is 1. The number of hydrogen-bond acceptors (Lipinski definition) is 3. The molecule has 1 fully saturated rings. The van der Waals surface area contributed by atoms with Crippen LogP contribution in [0.3, 0.4) is 0 Å². The van der Waals surface area contributed by atoms with E-state index in [4.69, 9.17) is 5.84 Å². The van der Waals surface area contributed by atoms with E-state index in [-0.39, 0.29) is 17.6 Å². The first kappa shape index (κ1) is 13.0. The molecule has 1 heterocycles. The van der Waals surface area contributed by atoms with Crippen LogP contribution in [0, 0.1) is 11.7 Å². The van der Waals surface area contributed by atoms with Crippen molar-refractivity contribution in [3.05, 3.63) is 35.6 Å². The Morgan fingerprint density at radius 3 is 2.83 bits per heavy atom. The van der Waals surface area contributed by atoms with Gasteiger partial charge in [0.1, 0.15) is 5.82 Å². The van der Waals surface area contributed by atoms with Gasteiger partial charge in [-0.2, -0.15) is 0 Å². The molecule has 1 aliphatic heterocycles. The number of likely N-dealkylation sites (tertiary alicyclic amines) is 1. The average Bonchev–Trinajstić information content (AvgIpc) is 2.41. The highest BCUT2D eigenvalue weighted by molar-refractivity contribution is 5.78. The second-order valence-electron chi connectivity index (χ2n) is 4.71. The van der Waals surface area contributed by atoms with Crippen LogP contribution in [0.15, 0.2) is 24.3 Å². The summed E-state index contributed by atoms with van der Waals surface area (Å²) < 4.78 is 12.8. The molecule has 0 aliphatic carbocycles. The molecule has 18 heavy (non-hydrogen) atoms. The summed E-state index contributed by atoms with van der Waals surface area (Å²) in [6, 6.07) is 6.48. The highest BCUT2D eigenvalue weighted by Gasteiger charge is 2.25. The van der Waals surface area contributed by atoms with Gasteiger partial charge in [0.15, 0.2) is 0 Å². The smallest absolute Gasteiger partial charge is 0.238 e. The summed E-state index contributed by atoms with van der Waals surface area (Å²) in [5.74, 6) is 4.80. The summed E-state index contributed by atoms with van der Waals surface area (Å²) in [5, 5.41) is 0. The topological polar surface area (TPSA) is 58.4 Å². The van der Waals surface area contributed by atoms with Gasteiger partial charge in [0, 0.05) is 13.1 Å². The highest BCUT2D eigenvalue weighted by atomic mass is 19.1. The maximum absolute atomic E-state index is 12.8. The van der Waals surface area contributed by atoms with E-state index in [2.05, 4.69) is 10.3 Å². The number of carbonyl (C=O) groups is 1. The van der Waals surface area contributed by atoms with Crippen molar-refractivity contribution in [1.82, 2.24) is 10.3 Å². The number of nitrogens with zero attached hydrogens (tertiary/aromatic N) is 1. The van der Waals surface area contributed by atoms with Gasteiger partial charge in [0.25, 0.3) is 0 Å². The molecule has 98 valence electrons. The summed E-state index contributed by atoms with van der Waals surface area (Å²) in [5.41, 5.74) is 3.27. The van der Waals surface area contributed by atoms with Gasteiger partial charge >= 0.3 is 0 Å². The standard InChI is InChI=1S/C13H18FN3O/c14-12-5-3-10(4-6-12)8-17-7-1-2-11(9-17)13(18)16-15/h3-6,11H,1-2,7-9,15H2,(H,16,18)/t11-/m0/s1. The molecule has 1 aromatic rings. The lowest BCUT2D eigenvalue weighted by Gasteiger charge is -2.31. The fraction of sp³-hybridized carbons (Fsp3) is 0.462. The van der Waals surface area contributed by atoms with E-state index in [9.17, 15) is 9.18 Å². The van der Waals surface area contributed by atoms with Gasteiger partial charge in [-0.15, -0.1) is 0 Å². The molecule has 0 spiro atoms. The summed E-state index contributed by atoms with van der Waals surface area (Å²) in [6.45, 7) is 2.42. The van der Waals surface area contributed by atoms with Crippen molar-refractivity contribution >= 4 is 5.91 Å². The van der Waals surface area contributed by atoms with Crippen LogP contribution in [0.5, 0.6) is 0 Å². The van der Waals surface area contributed by atoms with E-state index in [1.807, 2.05) is 0 Å². The first-order valence-electron chi connectivity index (χ1n) is 6.16. The van der Waals surface area contributed by atoms with Crippen LogP contribution in [0.4, 0.5) is 4.39 Å². The lowest BCUT2D eigenvalue weighted by atomic mass is 9.97. The van der Waals surface area contributed by atoms with Crippen LogP contribution >= 0.6 is 0 Å². The van der Waals surface area contributed by atoms with Gasteiger partial charge in [-0.1, -0.05) is 12.1 Å². The molecule has 0 aromatic heterocycles. The van der Waals surface area contributed by atoms with Gasteiger partial charge < -0.3 is 0 Å². The maximum atomic E-state index is 12.8. The average molecular weight is 251 g/mol. The Kier molecular flexibility index (Phi) is 4.28. The summed E-state index contributed by atoms with van der Waals surface area (Å²) in [6.07, 6.45) is 1.86. The SMILES string of the molecule is NNC(=O)[C@H]1CCCN(Cc2ccc(F)cc2)C1. The third-order valence-corrected chi connectivity index (χ3v) is 3.34. The molecule has 1 amide bonds. The minimum absolute atomic E-state index is 0.0378. The second kappa shape index (κ2) is 5.93. The lowest BCUT2D eigenvalue weighted by Crippen LogP contribution is -2.44. The summed E-state index contributed by atoms with van der Waals surface area (Å²) >= 11 is 0. The first-order valence-corrected chi connectivity index (χ1v) is 6.16. The van der Waals surface area contributed by atoms with Crippen molar-refractivity contribution in [2.75, 3.05) is 13.1 Å². The Labute approximate surface area is 106 Å². The Hall–Kier alpha value is -1.46. The molecule has 0 radical (unpaired) electrons. The van der Waals surface area contributed by atoms with E-state index in [0.29, 0.717) is 6.54 Å². The molecule has 0 saturated carbocycles. The molecule has 3 N–H and O–H groups in total.